The van der Waals surface area contributed by atoms with E-state index < -0.39 is 0 Å². The Morgan fingerprint density at radius 2 is 1.94 bits per heavy atom. The van der Waals surface area contributed by atoms with Gasteiger partial charge in [0.25, 0.3) is 0 Å². The van der Waals surface area contributed by atoms with E-state index in [1.54, 1.807) is 0 Å². The average Bonchev–Trinajstić information content (AvgIpc) is 2.36. The largest absolute Gasteiger partial charge is 0.466 e. The first-order valence-electron chi connectivity index (χ1n) is 7.04. The van der Waals surface area contributed by atoms with Crippen LogP contribution < -0.4 is 0 Å². The summed E-state index contributed by atoms with van der Waals surface area (Å²) in [6.07, 6.45) is 5.76. The zero-order valence-electron chi connectivity index (χ0n) is 11.6. The Hall–Kier alpha value is -1.06. The first-order valence-corrected chi connectivity index (χ1v) is 7.04. The zero-order chi connectivity index (χ0) is 13.4. The summed E-state index contributed by atoms with van der Waals surface area (Å²) in [5.41, 5.74) is 0. The summed E-state index contributed by atoms with van der Waals surface area (Å²) in [5, 5.41) is 0. The third kappa shape index (κ3) is 5.52. The minimum atomic E-state index is -0.206. The van der Waals surface area contributed by atoms with Crippen molar-refractivity contribution >= 4 is 11.9 Å². The quantitative estimate of drug-likeness (QED) is 0.685. The summed E-state index contributed by atoms with van der Waals surface area (Å²) in [6, 6.07) is 0. The molecule has 104 valence electrons. The van der Waals surface area contributed by atoms with Crippen LogP contribution in [0.25, 0.3) is 0 Å². The van der Waals surface area contributed by atoms with Crippen molar-refractivity contribution in [2.24, 2.45) is 5.92 Å². The number of carbonyl (C=O) groups excluding carboxylic acids is 2. The van der Waals surface area contributed by atoms with Crippen molar-refractivity contribution in [2.75, 3.05) is 19.7 Å². The summed E-state index contributed by atoms with van der Waals surface area (Å²) in [6.45, 7) is 5.80. The molecule has 4 nitrogen and oxygen atoms in total. The second kappa shape index (κ2) is 8.11. The van der Waals surface area contributed by atoms with Crippen LogP contribution in [-0.4, -0.2) is 36.5 Å². The van der Waals surface area contributed by atoms with Gasteiger partial charge in [0.15, 0.2) is 0 Å². The number of ether oxygens (including phenoxy) is 1. The number of rotatable bonds is 6. The Morgan fingerprint density at radius 1 is 1.28 bits per heavy atom. The van der Waals surface area contributed by atoms with Gasteiger partial charge >= 0.3 is 5.97 Å². The average molecular weight is 255 g/mol. The van der Waals surface area contributed by atoms with Crippen molar-refractivity contribution in [3.05, 3.63) is 0 Å². The van der Waals surface area contributed by atoms with Gasteiger partial charge in [-0.2, -0.15) is 0 Å². The predicted octanol–water partition coefficient (Wildman–Crippen LogP) is 2.37. The van der Waals surface area contributed by atoms with Crippen molar-refractivity contribution in [1.82, 2.24) is 4.90 Å². The Balaban J connectivity index is 2.16. The highest BCUT2D eigenvalue weighted by Crippen LogP contribution is 2.21. The molecule has 0 aliphatic carbocycles. The predicted molar refractivity (Wildman–Crippen MR) is 70.1 cm³/mol. The van der Waals surface area contributed by atoms with Crippen molar-refractivity contribution in [2.45, 2.75) is 52.4 Å². The van der Waals surface area contributed by atoms with E-state index in [4.69, 9.17) is 4.74 Å². The van der Waals surface area contributed by atoms with Crippen LogP contribution in [0.1, 0.15) is 52.4 Å². The molecule has 0 aromatic heterocycles. The van der Waals surface area contributed by atoms with Crippen LogP contribution in [0.4, 0.5) is 0 Å². The first kappa shape index (κ1) is 15.0. The van der Waals surface area contributed by atoms with Gasteiger partial charge in [-0.25, -0.2) is 0 Å². The number of nitrogens with zero attached hydrogens (tertiary/aromatic N) is 1. The fraction of sp³-hybridized carbons (Fsp3) is 0.857. The Bertz CT molecular complexity index is 270. The number of esters is 1. The number of piperidine rings is 1. The van der Waals surface area contributed by atoms with E-state index in [0.29, 0.717) is 24.9 Å². The number of hydrogen-bond donors (Lipinski definition) is 0. The molecule has 1 amide bonds. The number of carbonyl (C=O) groups is 2. The molecule has 0 aromatic carbocycles. The van der Waals surface area contributed by atoms with E-state index in [1.165, 1.54) is 6.92 Å². The fourth-order valence-corrected chi connectivity index (χ4v) is 2.33. The lowest BCUT2D eigenvalue weighted by Gasteiger charge is -2.32. The van der Waals surface area contributed by atoms with E-state index >= 15 is 0 Å². The van der Waals surface area contributed by atoms with Crippen LogP contribution in [-0.2, 0) is 14.3 Å². The second-order valence-corrected chi connectivity index (χ2v) is 5.06. The van der Waals surface area contributed by atoms with Crippen molar-refractivity contribution in [3.63, 3.8) is 0 Å². The Morgan fingerprint density at radius 3 is 2.50 bits per heavy atom. The molecule has 4 heteroatoms. The van der Waals surface area contributed by atoms with Gasteiger partial charge in [-0.3, -0.25) is 9.59 Å². The number of amides is 1. The van der Waals surface area contributed by atoms with Gasteiger partial charge in [-0.1, -0.05) is 13.3 Å². The highest BCUT2D eigenvalue weighted by molar-refractivity contribution is 5.76. The summed E-state index contributed by atoms with van der Waals surface area (Å²) in [5.74, 6) is 0.692. The summed E-state index contributed by atoms with van der Waals surface area (Å²) in [4.78, 5) is 24.5. The molecule has 1 fully saturated rings. The lowest BCUT2D eigenvalue weighted by Crippen LogP contribution is -2.38. The zero-order valence-corrected chi connectivity index (χ0v) is 11.6. The van der Waals surface area contributed by atoms with Gasteiger partial charge in [0.2, 0.25) is 5.91 Å². The first-order chi connectivity index (χ1) is 8.63. The minimum absolute atomic E-state index is 0.206. The molecule has 0 aromatic rings. The Kier molecular flexibility index (Phi) is 6.76. The normalized spacial score (nSPS) is 16.7. The second-order valence-electron chi connectivity index (χ2n) is 5.06. The molecule has 0 radical (unpaired) electrons. The van der Waals surface area contributed by atoms with Gasteiger partial charge in [-0.05, 0) is 31.6 Å². The lowest BCUT2D eigenvalue weighted by atomic mass is 9.93. The van der Waals surface area contributed by atoms with Gasteiger partial charge in [0, 0.05) is 26.4 Å². The smallest absolute Gasteiger partial charge is 0.302 e. The van der Waals surface area contributed by atoms with Crippen LogP contribution in [0, 0.1) is 5.92 Å². The molecule has 1 rings (SSSR count). The third-order valence-electron chi connectivity index (χ3n) is 3.54. The topological polar surface area (TPSA) is 46.6 Å². The van der Waals surface area contributed by atoms with Gasteiger partial charge < -0.3 is 9.64 Å². The molecule has 1 aliphatic rings. The molecular formula is C14H25NO3. The summed E-state index contributed by atoms with van der Waals surface area (Å²) in [7, 11) is 0. The summed E-state index contributed by atoms with van der Waals surface area (Å²) < 4.78 is 4.95. The van der Waals surface area contributed by atoms with Crippen LogP contribution in [0.5, 0.6) is 0 Å². The Labute approximate surface area is 110 Å². The number of likely N-dealkylation sites (tertiary alicyclic amines) is 1. The summed E-state index contributed by atoms with van der Waals surface area (Å²) >= 11 is 0. The molecule has 0 spiro atoms. The minimum Gasteiger partial charge on any atom is -0.466 e. The molecule has 0 N–H and O–H groups in total. The van der Waals surface area contributed by atoms with Crippen molar-refractivity contribution in [3.8, 4) is 0 Å². The molecule has 1 aliphatic heterocycles. The number of unbranched alkanes of at least 4 members (excludes halogenated alkanes) is 1. The third-order valence-corrected chi connectivity index (χ3v) is 3.54. The van der Waals surface area contributed by atoms with E-state index in [0.717, 1.165) is 45.2 Å². The maximum Gasteiger partial charge on any atom is 0.302 e. The fourth-order valence-electron chi connectivity index (χ4n) is 2.33. The van der Waals surface area contributed by atoms with Crippen LogP contribution in [0.2, 0.25) is 0 Å². The molecule has 0 unspecified atom stereocenters. The molecule has 0 bridgehead atoms. The van der Waals surface area contributed by atoms with Gasteiger partial charge in [0.1, 0.15) is 0 Å². The maximum atomic E-state index is 11.8. The van der Waals surface area contributed by atoms with Crippen LogP contribution >= 0.6 is 0 Å². The van der Waals surface area contributed by atoms with E-state index in [2.05, 4.69) is 6.92 Å². The van der Waals surface area contributed by atoms with Crippen LogP contribution in [0.15, 0.2) is 0 Å². The van der Waals surface area contributed by atoms with Crippen molar-refractivity contribution in [1.29, 1.82) is 0 Å². The molecular weight excluding hydrogens is 230 g/mol. The standard InChI is InChI=1S/C14H25NO3/c1-3-4-5-14(17)15-9-6-13(7-10-15)8-11-18-12(2)16/h13H,3-11H2,1-2H3. The number of hydrogen-bond acceptors (Lipinski definition) is 3. The van der Waals surface area contributed by atoms with Crippen molar-refractivity contribution < 1.29 is 14.3 Å². The molecule has 1 heterocycles. The van der Waals surface area contributed by atoms with Gasteiger partial charge in [0.05, 0.1) is 6.61 Å². The van der Waals surface area contributed by atoms with E-state index in [-0.39, 0.29) is 5.97 Å². The van der Waals surface area contributed by atoms with Gasteiger partial charge in [-0.15, -0.1) is 0 Å². The monoisotopic (exact) mass is 255 g/mol. The maximum absolute atomic E-state index is 11.8. The molecule has 0 atom stereocenters. The molecule has 18 heavy (non-hydrogen) atoms. The lowest BCUT2D eigenvalue weighted by molar-refractivity contribution is -0.141. The van der Waals surface area contributed by atoms with E-state index in [1.807, 2.05) is 4.90 Å². The van der Waals surface area contributed by atoms with E-state index in [9.17, 15) is 9.59 Å². The highest BCUT2D eigenvalue weighted by atomic mass is 16.5. The molecule has 0 saturated carbocycles. The molecule has 1 saturated heterocycles. The van der Waals surface area contributed by atoms with Crippen LogP contribution in [0.3, 0.4) is 0 Å². The highest BCUT2D eigenvalue weighted by Gasteiger charge is 2.22. The SMILES string of the molecule is CCCCC(=O)N1CCC(CCOC(C)=O)CC1.